The van der Waals surface area contributed by atoms with Crippen LogP contribution in [0.3, 0.4) is 0 Å². The van der Waals surface area contributed by atoms with Gasteiger partial charge in [-0.1, -0.05) is 0 Å². The number of carbonyl (C=O) groups excluding carboxylic acids is 1. The highest BCUT2D eigenvalue weighted by Crippen LogP contribution is 2.27. The molecule has 1 amide bonds. The zero-order valence-electron chi connectivity index (χ0n) is 10.4. The number of phenols is 1. The van der Waals surface area contributed by atoms with E-state index in [4.69, 9.17) is 0 Å². The SMILES string of the molecule is Cc1cc(F)c(Br)cc1NC(=O)c1ccc(Br)c(O)c1. The molecule has 0 atom stereocenters. The lowest BCUT2D eigenvalue weighted by molar-refractivity contribution is 0.102. The molecule has 6 heteroatoms. The lowest BCUT2D eigenvalue weighted by atomic mass is 10.1. The van der Waals surface area contributed by atoms with Crippen molar-refractivity contribution in [2.24, 2.45) is 0 Å². The number of amides is 1. The van der Waals surface area contributed by atoms with Crippen LogP contribution in [0.1, 0.15) is 15.9 Å². The minimum atomic E-state index is -0.387. The normalized spacial score (nSPS) is 10.4. The maximum Gasteiger partial charge on any atom is 0.255 e. The fraction of sp³-hybridized carbons (Fsp3) is 0.0714. The molecular weight excluding hydrogens is 393 g/mol. The summed E-state index contributed by atoms with van der Waals surface area (Å²) in [5.74, 6) is -0.786. The predicted octanol–water partition coefficient (Wildman–Crippen LogP) is 4.62. The van der Waals surface area contributed by atoms with Crippen LogP contribution in [0.15, 0.2) is 39.3 Å². The Labute approximate surface area is 132 Å². The van der Waals surface area contributed by atoms with E-state index in [1.54, 1.807) is 19.1 Å². The van der Waals surface area contributed by atoms with Crippen molar-refractivity contribution in [1.82, 2.24) is 0 Å². The molecule has 104 valence electrons. The first kappa shape index (κ1) is 15.0. The molecule has 2 N–H and O–H groups in total. The first-order valence-corrected chi connectivity index (χ1v) is 7.22. The highest BCUT2D eigenvalue weighted by atomic mass is 79.9. The van der Waals surface area contributed by atoms with Gasteiger partial charge in [-0.05, 0) is 74.7 Å². The third-order valence-corrected chi connectivity index (χ3v) is 4.00. The molecule has 0 aromatic heterocycles. The second-order valence-electron chi connectivity index (χ2n) is 4.20. The molecule has 0 heterocycles. The monoisotopic (exact) mass is 401 g/mol. The summed E-state index contributed by atoms with van der Waals surface area (Å²) >= 11 is 6.22. The van der Waals surface area contributed by atoms with Crippen LogP contribution in [-0.4, -0.2) is 11.0 Å². The number of phenolic OH excluding ortho intramolecular Hbond substituents is 1. The van der Waals surface area contributed by atoms with Gasteiger partial charge in [0.15, 0.2) is 0 Å². The molecule has 0 fully saturated rings. The number of aryl methyl sites for hydroxylation is 1. The average molecular weight is 403 g/mol. The Morgan fingerprint density at radius 1 is 1.20 bits per heavy atom. The van der Waals surface area contributed by atoms with E-state index in [0.29, 0.717) is 21.3 Å². The Balaban J connectivity index is 2.27. The van der Waals surface area contributed by atoms with Gasteiger partial charge in [0.05, 0.1) is 8.95 Å². The predicted molar refractivity (Wildman–Crippen MR) is 82.6 cm³/mol. The van der Waals surface area contributed by atoms with Crippen molar-refractivity contribution in [1.29, 1.82) is 0 Å². The number of aromatic hydroxyl groups is 1. The second-order valence-corrected chi connectivity index (χ2v) is 5.91. The highest BCUT2D eigenvalue weighted by Gasteiger charge is 2.11. The standard InChI is InChI=1S/C14H10Br2FNO2/c1-7-4-11(17)10(16)6-12(7)18-14(20)8-2-3-9(15)13(19)5-8/h2-6,19H,1H3,(H,18,20). The third kappa shape index (κ3) is 3.19. The topological polar surface area (TPSA) is 49.3 Å². The van der Waals surface area contributed by atoms with E-state index in [-0.39, 0.29) is 21.9 Å². The molecule has 2 rings (SSSR count). The lowest BCUT2D eigenvalue weighted by Crippen LogP contribution is -2.12. The molecule has 0 saturated heterocycles. The van der Waals surface area contributed by atoms with Crippen molar-refractivity contribution in [2.45, 2.75) is 6.92 Å². The van der Waals surface area contributed by atoms with Crippen molar-refractivity contribution in [3.8, 4) is 5.75 Å². The third-order valence-electron chi connectivity index (χ3n) is 2.72. The van der Waals surface area contributed by atoms with Gasteiger partial charge < -0.3 is 10.4 Å². The molecular formula is C14H10Br2FNO2. The number of nitrogens with one attached hydrogen (secondary N) is 1. The summed E-state index contributed by atoms with van der Waals surface area (Å²) in [6.45, 7) is 1.70. The largest absolute Gasteiger partial charge is 0.507 e. The molecule has 3 nitrogen and oxygen atoms in total. The van der Waals surface area contributed by atoms with Crippen LogP contribution < -0.4 is 5.32 Å². The summed E-state index contributed by atoms with van der Waals surface area (Å²) in [5.41, 5.74) is 1.43. The second kappa shape index (κ2) is 5.93. The van der Waals surface area contributed by atoms with Gasteiger partial charge in [0, 0.05) is 11.3 Å². The van der Waals surface area contributed by atoms with Crippen LogP contribution in [0.25, 0.3) is 0 Å². The van der Waals surface area contributed by atoms with Gasteiger partial charge in [-0.2, -0.15) is 0 Å². The average Bonchev–Trinajstić information content (AvgIpc) is 2.39. The van der Waals surface area contributed by atoms with Crippen molar-refractivity contribution in [3.63, 3.8) is 0 Å². The summed E-state index contributed by atoms with van der Waals surface area (Å²) < 4.78 is 14.1. The van der Waals surface area contributed by atoms with Crippen LogP contribution in [0, 0.1) is 12.7 Å². The fourth-order valence-corrected chi connectivity index (χ4v) is 2.22. The minimum Gasteiger partial charge on any atom is -0.507 e. The maximum atomic E-state index is 13.3. The van der Waals surface area contributed by atoms with Gasteiger partial charge in [-0.25, -0.2) is 4.39 Å². The van der Waals surface area contributed by atoms with Gasteiger partial charge in [0.25, 0.3) is 5.91 Å². The van der Waals surface area contributed by atoms with Crippen molar-refractivity contribution in [3.05, 3.63) is 56.2 Å². The molecule has 0 radical (unpaired) electrons. The Morgan fingerprint density at radius 3 is 2.55 bits per heavy atom. The zero-order chi connectivity index (χ0) is 14.9. The Morgan fingerprint density at radius 2 is 1.90 bits per heavy atom. The van der Waals surface area contributed by atoms with Gasteiger partial charge in [0.1, 0.15) is 11.6 Å². The summed E-state index contributed by atoms with van der Waals surface area (Å²) in [6.07, 6.45) is 0. The van der Waals surface area contributed by atoms with Gasteiger partial charge in [-0.3, -0.25) is 4.79 Å². The van der Waals surface area contributed by atoms with Gasteiger partial charge in [0.2, 0.25) is 0 Å². The summed E-state index contributed by atoms with van der Waals surface area (Å²) in [5, 5.41) is 12.2. The van der Waals surface area contributed by atoms with E-state index in [0.717, 1.165) is 0 Å². The summed E-state index contributed by atoms with van der Waals surface area (Å²) in [4.78, 5) is 12.1. The Kier molecular flexibility index (Phi) is 4.45. The number of hydrogen-bond acceptors (Lipinski definition) is 2. The number of hydrogen-bond donors (Lipinski definition) is 2. The Bertz CT molecular complexity index is 689. The number of halogens is 3. The number of anilines is 1. The summed E-state index contributed by atoms with van der Waals surface area (Å²) in [7, 11) is 0. The van der Waals surface area contributed by atoms with E-state index in [1.807, 2.05) is 0 Å². The molecule has 0 aliphatic carbocycles. The molecule has 0 spiro atoms. The fourth-order valence-electron chi connectivity index (χ4n) is 1.63. The van der Waals surface area contributed by atoms with Crippen LogP contribution >= 0.6 is 31.9 Å². The van der Waals surface area contributed by atoms with E-state index in [9.17, 15) is 14.3 Å². The summed E-state index contributed by atoms with van der Waals surface area (Å²) in [6, 6.07) is 7.35. The molecule has 0 unspecified atom stereocenters. The van der Waals surface area contributed by atoms with Crippen molar-refractivity contribution >= 4 is 43.5 Å². The first-order chi connectivity index (χ1) is 9.38. The number of carbonyl (C=O) groups is 1. The molecule has 0 aliphatic heterocycles. The molecule has 2 aromatic rings. The van der Waals surface area contributed by atoms with Crippen LogP contribution in [0.2, 0.25) is 0 Å². The number of benzene rings is 2. The number of rotatable bonds is 2. The quantitative estimate of drug-likeness (QED) is 0.770. The van der Waals surface area contributed by atoms with Crippen LogP contribution in [-0.2, 0) is 0 Å². The smallest absolute Gasteiger partial charge is 0.255 e. The molecule has 0 bridgehead atoms. The van der Waals surface area contributed by atoms with E-state index in [2.05, 4.69) is 37.2 Å². The maximum absolute atomic E-state index is 13.3. The van der Waals surface area contributed by atoms with Crippen molar-refractivity contribution < 1.29 is 14.3 Å². The zero-order valence-corrected chi connectivity index (χ0v) is 13.5. The molecule has 0 aliphatic rings. The molecule has 2 aromatic carbocycles. The highest BCUT2D eigenvalue weighted by molar-refractivity contribution is 9.10. The lowest BCUT2D eigenvalue weighted by Gasteiger charge is -2.10. The van der Waals surface area contributed by atoms with Crippen LogP contribution in [0.5, 0.6) is 5.75 Å². The molecule has 0 saturated carbocycles. The van der Waals surface area contributed by atoms with E-state index in [1.165, 1.54) is 18.2 Å². The first-order valence-electron chi connectivity index (χ1n) is 5.64. The van der Waals surface area contributed by atoms with Gasteiger partial charge in [-0.15, -0.1) is 0 Å². The van der Waals surface area contributed by atoms with Gasteiger partial charge >= 0.3 is 0 Å². The van der Waals surface area contributed by atoms with Crippen LogP contribution in [0.4, 0.5) is 10.1 Å². The van der Waals surface area contributed by atoms with Crippen molar-refractivity contribution in [2.75, 3.05) is 5.32 Å². The Hall–Kier alpha value is -1.40. The van der Waals surface area contributed by atoms with E-state index < -0.39 is 0 Å². The molecule has 20 heavy (non-hydrogen) atoms. The minimum absolute atomic E-state index is 0.0188. The van der Waals surface area contributed by atoms with E-state index >= 15 is 0 Å².